The monoisotopic (exact) mass is 309 g/mol. The molecule has 4 nitrogen and oxygen atoms in total. The van der Waals surface area contributed by atoms with E-state index in [1.165, 1.54) is 5.56 Å². The summed E-state index contributed by atoms with van der Waals surface area (Å²) >= 11 is 3.37. The van der Waals surface area contributed by atoms with Crippen LogP contribution in [0.15, 0.2) is 27.3 Å². The van der Waals surface area contributed by atoms with Crippen molar-refractivity contribution in [2.24, 2.45) is 0 Å². The highest BCUT2D eigenvalue weighted by Gasteiger charge is 2.16. The summed E-state index contributed by atoms with van der Waals surface area (Å²) in [7, 11) is 0. The van der Waals surface area contributed by atoms with Gasteiger partial charge in [-0.25, -0.2) is 4.98 Å². The van der Waals surface area contributed by atoms with Crippen LogP contribution in [-0.2, 0) is 0 Å². The molecule has 0 aliphatic rings. The predicted octanol–water partition coefficient (Wildman–Crippen LogP) is 3.66. The molecule has 0 unspecified atom stereocenters. The van der Waals surface area contributed by atoms with Crippen molar-refractivity contribution in [2.75, 3.05) is 11.9 Å². The standard InChI is InChI=1S/C13H16BrN3O/c1-8(13-9(2)17-18-10(13)3)6-15-12-5-4-11(14)7-16-12/h4-5,7-8H,6H2,1-3H3,(H,15,16)/t8-/m0/s1. The summed E-state index contributed by atoms with van der Waals surface area (Å²) in [5.41, 5.74) is 2.14. The maximum absolute atomic E-state index is 5.18. The van der Waals surface area contributed by atoms with Crippen molar-refractivity contribution in [1.29, 1.82) is 0 Å². The van der Waals surface area contributed by atoms with Crippen LogP contribution in [0.2, 0.25) is 0 Å². The van der Waals surface area contributed by atoms with Crippen LogP contribution in [0.1, 0.15) is 29.9 Å². The lowest BCUT2D eigenvalue weighted by Crippen LogP contribution is -2.11. The van der Waals surface area contributed by atoms with Gasteiger partial charge >= 0.3 is 0 Å². The smallest absolute Gasteiger partial charge is 0.137 e. The van der Waals surface area contributed by atoms with Crippen molar-refractivity contribution in [1.82, 2.24) is 10.1 Å². The van der Waals surface area contributed by atoms with Gasteiger partial charge in [-0.2, -0.15) is 0 Å². The zero-order chi connectivity index (χ0) is 13.1. The third-order valence-electron chi connectivity index (χ3n) is 2.90. The van der Waals surface area contributed by atoms with E-state index >= 15 is 0 Å². The van der Waals surface area contributed by atoms with E-state index in [2.05, 4.69) is 38.3 Å². The van der Waals surface area contributed by atoms with Crippen LogP contribution < -0.4 is 5.32 Å². The van der Waals surface area contributed by atoms with Gasteiger partial charge in [-0.1, -0.05) is 12.1 Å². The van der Waals surface area contributed by atoms with Gasteiger partial charge in [-0.05, 0) is 41.9 Å². The zero-order valence-corrected chi connectivity index (χ0v) is 12.3. The molecule has 0 saturated heterocycles. The maximum atomic E-state index is 5.18. The lowest BCUT2D eigenvalue weighted by Gasteiger charge is -2.12. The summed E-state index contributed by atoms with van der Waals surface area (Å²) < 4.78 is 6.16. The second-order valence-electron chi connectivity index (χ2n) is 4.38. The van der Waals surface area contributed by atoms with Crippen LogP contribution in [0.5, 0.6) is 0 Å². The van der Waals surface area contributed by atoms with Gasteiger partial charge in [0.15, 0.2) is 0 Å². The molecule has 0 aromatic carbocycles. The fourth-order valence-corrected chi connectivity index (χ4v) is 2.27. The van der Waals surface area contributed by atoms with E-state index in [4.69, 9.17) is 4.52 Å². The van der Waals surface area contributed by atoms with E-state index in [0.717, 1.165) is 28.3 Å². The Morgan fingerprint density at radius 3 is 2.72 bits per heavy atom. The molecule has 96 valence electrons. The van der Waals surface area contributed by atoms with E-state index in [1.807, 2.05) is 26.0 Å². The number of nitrogens with one attached hydrogen (secondary N) is 1. The SMILES string of the molecule is Cc1noc(C)c1[C@@H](C)CNc1ccc(Br)cn1. The number of aryl methyl sites for hydroxylation is 2. The highest BCUT2D eigenvalue weighted by molar-refractivity contribution is 9.10. The third kappa shape index (κ3) is 2.90. The fraction of sp³-hybridized carbons (Fsp3) is 0.385. The van der Waals surface area contributed by atoms with Crippen molar-refractivity contribution in [3.05, 3.63) is 39.8 Å². The number of hydrogen-bond donors (Lipinski definition) is 1. The molecule has 0 bridgehead atoms. The number of aromatic nitrogens is 2. The minimum atomic E-state index is 0.335. The Hall–Kier alpha value is -1.36. The van der Waals surface area contributed by atoms with E-state index in [1.54, 1.807) is 6.20 Å². The number of anilines is 1. The predicted molar refractivity (Wildman–Crippen MR) is 74.8 cm³/mol. The Balaban J connectivity index is 2.00. The van der Waals surface area contributed by atoms with Crippen LogP contribution in [0.25, 0.3) is 0 Å². The molecule has 0 saturated carbocycles. The number of pyridine rings is 1. The van der Waals surface area contributed by atoms with Gasteiger partial charge in [0.2, 0.25) is 0 Å². The largest absolute Gasteiger partial charge is 0.369 e. The van der Waals surface area contributed by atoms with Gasteiger partial charge < -0.3 is 9.84 Å². The van der Waals surface area contributed by atoms with Crippen LogP contribution in [0.4, 0.5) is 5.82 Å². The molecule has 5 heteroatoms. The molecular formula is C13H16BrN3O. The summed E-state index contributed by atoms with van der Waals surface area (Å²) in [5, 5.41) is 7.29. The van der Waals surface area contributed by atoms with Crippen LogP contribution >= 0.6 is 15.9 Å². The molecule has 0 radical (unpaired) electrons. The number of rotatable bonds is 4. The van der Waals surface area contributed by atoms with Gasteiger partial charge in [0.25, 0.3) is 0 Å². The van der Waals surface area contributed by atoms with Crippen molar-refractivity contribution >= 4 is 21.7 Å². The second-order valence-corrected chi connectivity index (χ2v) is 5.30. The molecule has 2 rings (SSSR count). The third-order valence-corrected chi connectivity index (χ3v) is 3.37. The summed E-state index contributed by atoms with van der Waals surface area (Å²) in [5.74, 6) is 2.10. The van der Waals surface area contributed by atoms with Crippen molar-refractivity contribution in [3.63, 3.8) is 0 Å². The summed E-state index contributed by atoms with van der Waals surface area (Å²) in [4.78, 5) is 4.28. The Bertz CT molecular complexity index is 502. The summed E-state index contributed by atoms with van der Waals surface area (Å²) in [6, 6.07) is 3.92. The first-order valence-corrected chi connectivity index (χ1v) is 6.65. The van der Waals surface area contributed by atoms with Crippen molar-refractivity contribution in [2.45, 2.75) is 26.7 Å². The van der Waals surface area contributed by atoms with Gasteiger partial charge in [-0.15, -0.1) is 0 Å². The average Bonchev–Trinajstić information content (AvgIpc) is 2.68. The van der Waals surface area contributed by atoms with Crippen LogP contribution in [0.3, 0.4) is 0 Å². The molecule has 0 spiro atoms. The maximum Gasteiger partial charge on any atom is 0.137 e. The first-order valence-electron chi connectivity index (χ1n) is 5.86. The van der Waals surface area contributed by atoms with E-state index < -0.39 is 0 Å². The Kier molecular flexibility index (Phi) is 4.01. The van der Waals surface area contributed by atoms with Crippen LogP contribution in [0, 0.1) is 13.8 Å². The minimum Gasteiger partial charge on any atom is -0.369 e. The summed E-state index contributed by atoms with van der Waals surface area (Å²) in [6.07, 6.45) is 1.78. The van der Waals surface area contributed by atoms with E-state index in [0.29, 0.717) is 5.92 Å². The van der Waals surface area contributed by atoms with E-state index in [9.17, 15) is 0 Å². The normalized spacial score (nSPS) is 12.4. The highest BCUT2D eigenvalue weighted by atomic mass is 79.9. The highest BCUT2D eigenvalue weighted by Crippen LogP contribution is 2.23. The fourth-order valence-electron chi connectivity index (χ4n) is 2.03. The Morgan fingerprint density at radius 2 is 2.17 bits per heavy atom. The first-order chi connectivity index (χ1) is 8.58. The average molecular weight is 310 g/mol. The molecule has 0 amide bonds. The van der Waals surface area contributed by atoms with Crippen LogP contribution in [-0.4, -0.2) is 16.7 Å². The molecule has 2 aromatic rings. The van der Waals surface area contributed by atoms with Crippen molar-refractivity contribution in [3.8, 4) is 0 Å². The first kappa shape index (κ1) is 13.1. The summed E-state index contributed by atoms with van der Waals surface area (Å²) in [6.45, 7) is 6.87. The topological polar surface area (TPSA) is 51.0 Å². The van der Waals surface area contributed by atoms with Crippen molar-refractivity contribution < 1.29 is 4.52 Å². The van der Waals surface area contributed by atoms with Gasteiger partial charge in [0.05, 0.1) is 5.69 Å². The molecule has 18 heavy (non-hydrogen) atoms. The molecule has 0 fully saturated rings. The zero-order valence-electron chi connectivity index (χ0n) is 10.7. The lowest BCUT2D eigenvalue weighted by atomic mass is 10.00. The van der Waals surface area contributed by atoms with Gasteiger partial charge in [0.1, 0.15) is 11.6 Å². The van der Waals surface area contributed by atoms with E-state index in [-0.39, 0.29) is 0 Å². The quantitative estimate of drug-likeness (QED) is 0.936. The second kappa shape index (κ2) is 5.52. The van der Waals surface area contributed by atoms with Gasteiger partial charge in [-0.3, -0.25) is 0 Å². The number of nitrogens with zero attached hydrogens (tertiary/aromatic N) is 2. The molecule has 2 heterocycles. The number of halogens is 1. The Morgan fingerprint density at radius 1 is 1.39 bits per heavy atom. The molecule has 1 atom stereocenters. The van der Waals surface area contributed by atoms with Gasteiger partial charge in [0, 0.05) is 28.7 Å². The molecule has 2 aromatic heterocycles. The Labute approximate surface area is 115 Å². The molecule has 0 aliphatic carbocycles. The lowest BCUT2D eigenvalue weighted by molar-refractivity contribution is 0.391. The number of hydrogen-bond acceptors (Lipinski definition) is 4. The minimum absolute atomic E-state index is 0.335. The molecule has 0 aliphatic heterocycles. The molecular weight excluding hydrogens is 294 g/mol. The molecule has 1 N–H and O–H groups in total.